The molecule has 174 valence electrons. The number of nitrogens with two attached hydrogens (primary N) is 1. The van der Waals surface area contributed by atoms with Crippen molar-refractivity contribution in [2.24, 2.45) is 0 Å². The third-order valence-electron chi connectivity index (χ3n) is 4.74. The smallest absolute Gasteiger partial charge is 0.383 e. The molecule has 12 heteroatoms. The fourth-order valence-corrected chi connectivity index (χ4v) is 3.90. The zero-order chi connectivity index (χ0) is 24.2. The van der Waals surface area contributed by atoms with E-state index in [4.69, 9.17) is 5.73 Å². The van der Waals surface area contributed by atoms with E-state index in [0.29, 0.717) is 17.1 Å². The number of ketones is 1. The van der Waals surface area contributed by atoms with Crippen LogP contribution in [0.3, 0.4) is 0 Å². The first kappa shape index (κ1) is 24.3. The SMILES string of the molecule is CNCc1c(N)ncnc1C(=O)CCc1ncc(C(=O)Nc2ccc(C)c(C(F)(F)F)c2)s1. The van der Waals surface area contributed by atoms with E-state index in [1.165, 1.54) is 31.6 Å². The van der Waals surface area contributed by atoms with E-state index in [1.807, 2.05) is 0 Å². The standard InChI is InChI=1S/C21H21F3N6O2S/c1-11-3-4-12(7-14(11)21(22,23)24)30-20(32)16-9-27-17(33-16)6-5-15(31)18-13(8-26-2)19(25)29-10-28-18/h3-4,7,9-10,26H,5-6,8H2,1-2H3,(H,30,32)(H2,25,28,29). The maximum Gasteiger partial charge on any atom is 0.416 e. The minimum Gasteiger partial charge on any atom is -0.383 e. The molecule has 1 aromatic carbocycles. The predicted molar refractivity (Wildman–Crippen MR) is 118 cm³/mol. The minimum absolute atomic E-state index is 0.0291. The number of amides is 1. The van der Waals surface area contributed by atoms with Gasteiger partial charge in [-0.15, -0.1) is 11.3 Å². The number of hydrogen-bond acceptors (Lipinski definition) is 8. The number of nitrogens with one attached hydrogen (secondary N) is 2. The summed E-state index contributed by atoms with van der Waals surface area (Å²) in [6.45, 7) is 1.69. The van der Waals surface area contributed by atoms with Crippen LogP contribution in [0, 0.1) is 6.92 Å². The topological polar surface area (TPSA) is 123 Å². The van der Waals surface area contributed by atoms with Gasteiger partial charge in [-0.1, -0.05) is 6.07 Å². The molecule has 33 heavy (non-hydrogen) atoms. The first-order valence-corrected chi connectivity index (χ1v) is 10.6. The number of aryl methyl sites for hydroxylation is 2. The monoisotopic (exact) mass is 478 g/mol. The van der Waals surface area contributed by atoms with Gasteiger partial charge >= 0.3 is 6.18 Å². The van der Waals surface area contributed by atoms with Crippen molar-refractivity contribution in [1.29, 1.82) is 0 Å². The van der Waals surface area contributed by atoms with Crippen LogP contribution >= 0.6 is 11.3 Å². The maximum absolute atomic E-state index is 13.1. The molecule has 0 atom stereocenters. The van der Waals surface area contributed by atoms with Gasteiger partial charge in [0.15, 0.2) is 5.78 Å². The Hall–Kier alpha value is -3.38. The number of Topliss-reactive ketones (excluding diaryl/α,β-unsaturated/α-hetero) is 1. The molecular weight excluding hydrogens is 457 g/mol. The van der Waals surface area contributed by atoms with Crippen molar-refractivity contribution in [2.45, 2.75) is 32.5 Å². The van der Waals surface area contributed by atoms with Gasteiger partial charge in [0.05, 0.1) is 16.8 Å². The van der Waals surface area contributed by atoms with Gasteiger partial charge in [-0.25, -0.2) is 15.0 Å². The Kier molecular flexibility index (Phi) is 7.39. The van der Waals surface area contributed by atoms with Gasteiger partial charge in [-0.05, 0) is 31.7 Å². The molecule has 0 bridgehead atoms. The van der Waals surface area contributed by atoms with Gasteiger partial charge in [-0.3, -0.25) is 9.59 Å². The normalized spacial score (nSPS) is 11.4. The van der Waals surface area contributed by atoms with Crippen LogP contribution in [0.2, 0.25) is 0 Å². The third-order valence-corrected chi connectivity index (χ3v) is 5.80. The highest BCUT2D eigenvalue weighted by Gasteiger charge is 2.32. The van der Waals surface area contributed by atoms with Crippen LogP contribution in [0.15, 0.2) is 30.7 Å². The lowest BCUT2D eigenvalue weighted by Gasteiger charge is -2.12. The molecule has 0 unspecified atom stereocenters. The van der Waals surface area contributed by atoms with Gasteiger partial charge in [0.1, 0.15) is 22.7 Å². The van der Waals surface area contributed by atoms with E-state index in [-0.39, 0.29) is 46.3 Å². The van der Waals surface area contributed by atoms with Crippen molar-refractivity contribution in [1.82, 2.24) is 20.3 Å². The van der Waals surface area contributed by atoms with Crippen LogP contribution in [-0.4, -0.2) is 33.7 Å². The zero-order valence-electron chi connectivity index (χ0n) is 17.8. The molecular formula is C21H21F3N6O2S. The van der Waals surface area contributed by atoms with Crippen molar-refractivity contribution in [3.63, 3.8) is 0 Å². The molecule has 0 fully saturated rings. The Morgan fingerprint density at radius 3 is 2.64 bits per heavy atom. The van der Waals surface area contributed by atoms with Crippen molar-refractivity contribution >= 4 is 34.5 Å². The molecule has 2 heterocycles. The van der Waals surface area contributed by atoms with Gasteiger partial charge in [0.2, 0.25) is 0 Å². The van der Waals surface area contributed by atoms with Crippen LogP contribution in [0.1, 0.15) is 48.3 Å². The Balaban J connectivity index is 1.65. The highest BCUT2D eigenvalue weighted by atomic mass is 32.1. The number of nitrogen functional groups attached to an aromatic ring is 1. The largest absolute Gasteiger partial charge is 0.416 e. The molecule has 2 aromatic heterocycles. The van der Waals surface area contributed by atoms with E-state index in [9.17, 15) is 22.8 Å². The van der Waals surface area contributed by atoms with Crippen LogP contribution in [0.4, 0.5) is 24.7 Å². The van der Waals surface area contributed by atoms with E-state index in [0.717, 1.165) is 17.4 Å². The predicted octanol–water partition coefficient (Wildman–Crippen LogP) is 3.63. The molecule has 4 N–H and O–H groups in total. The number of thiazole rings is 1. The first-order chi connectivity index (χ1) is 15.6. The molecule has 3 aromatic rings. The van der Waals surface area contributed by atoms with Gasteiger partial charge in [-0.2, -0.15) is 13.2 Å². The third kappa shape index (κ3) is 5.90. The summed E-state index contributed by atoms with van der Waals surface area (Å²) >= 11 is 1.06. The number of benzene rings is 1. The molecule has 3 rings (SSSR count). The maximum atomic E-state index is 13.1. The van der Waals surface area contributed by atoms with E-state index >= 15 is 0 Å². The number of carbonyl (C=O) groups is 2. The van der Waals surface area contributed by atoms with Gasteiger partial charge in [0.25, 0.3) is 5.91 Å². The highest BCUT2D eigenvalue weighted by molar-refractivity contribution is 7.13. The number of halogens is 3. The number of nitrogens with zero attached hydrogens (tertiary/aromatic N) is 3. The number of rotatable bonds is 8. The lowest BCUT2D eigenvalue weighted by Crippen LogP contribution is -2.16. The number of carbonyl (C=O) groups excluding carboxylic acids is 2. The average Bonchev–Trinajstić information content (AvgIpc) is 3.23. The van der Waals surface area contributed by atoms with Crippen molar-refractivity contribution in [2.75, 3.05) is 18.1 Å². The number of hydrogen-bond donors (Lipinski definition) is 3. The minimum atomic E-state index is -4.52. The first-order valence-electron chi connectivity index (χ1n) is 9.81. The Morgan fingerprint density at radius 2 is 1.94 bits per heavy atom. The number of anilines is 2. The average molecular weight is 479 g/mol. The van der Waals surface area contributed by atoms with Crippen LogP contribution in [0.5, 0.6) is 0 Å². The highest BCUT2D eigenvalue weighted by Crippen LogP contribution is 2.33. The number of aromatic nitrogens is 3. The Morgan fingerprint density at radius 1 is 1.18 bits per heavy atom. The summed E-state index contributed by atoms with van der Waals surface area (Å²) in [5.41, 5.74) is 5.86. The fraction of sp³-hybridized carbons (Fsp3) is 0.286. The second-order valence-corrected chi connectivity index (χ2v) is 8.25. The summed E-state index contributed by atoms with van der Waals surface area (Å²) in [7, 11) is 1.71. The summed E-state index contributed by atoms with van der Waals surface area (Å²) < 4.78 is 39.3. The second-order valence-electron chi connectivity index (χ2n) is 7.14. The van der Waals surface area contributed by atoms with E-state index in [1.54, 1.807) is 7.05 Å². The molecule has 0 saturated heterocycles. The van der Waals surface area contributed by atoms with E-state index in [2.05, 4.69) is 25.6 Å². The molecule has 0 aliphatic carbocycles. The molecule has 0 aliphatic rings. The Bertz CT molecular complexity index is 1180. The van der Waals surface area contributed by atoms with Gasteiger partial charge in [0, 0.05) is 30.6 Å². The second kappa shape index (κ2) is 10.0. The molecule has 8 nitrogen and oxygen atoms in total. The molecule has 1 amide bonds. The number of alkyl halides is 3. The van der Waals surface area contributed by atoms with E-state index < -0.39 is 17.6 Å². The van der Waals surface area contributed by atoms with Gasteiger partial charge < -0.3 is 16.4 Å². The van der Waals surface area contributed by atoms with Crippen molar-refractivity contribution in [3.8, 4) is 0 Å². The van der Waals surface area contributed by atoms with Crippen LogP contribution in [-0.2, 0) is 19.1 Å². The van der Waals surface area contributed by atoms with Crippen LogP contribution in [0.25, 0.3) is 0 Å². The summed E-state index contributed by atoms with van der Waals surface area (Å²) in [6.07, 6.45) is -1.61. The van der Waals surface area contributed by atoms with Crippen LogP contribution < -0.4 is 16.4 Å². The van der Waals surface area contributed by atoms with Crippen molar-refractivity contribution < 1.29 is 22.8 Å². The summed E-state index contributed by atoms with van der Waals surface area (Å²) in [6, 6.07) is 3.59. The van der Waals surface area contributed by atoms with Crippen molar-refractivity contribution in [3.05, 3.63) is 63.0 Å². The quantitative estimate of drug-likeness (QED) is 0.423. The lowest BCUT2D eigenvalue weighted by molar-refractivity contribution is -0.138. The molecule has 0 spiro atoms. The zero-order valence-corrected chi connectivity index (χ0v) is 18.6. The molecule has 0 radical (unpaired) electrons. The Labute approximate surface area is 191 Å². The molecule has 0 saturated carbocycles. The summed E-state index contributed by atoms with van der Waals surface area (Å²) in [5.74, 6) is -0.600. The lowest BCUT2D eigenvalue weighted by atomic mass is 10.1. The summed E-state index contributed by atoms with van der Waals surface area (Å²) in [4.78, 5) is 37.4. The fourth-order valence-electron chi connectivity index (χ4n) is 3.08. The molecule has 0 aliphatic heterocycles. The summed E-state index contributed by atoms with van der Waals surface area (Å²) in [5, 5.41) is 5.90.